The molecule has 0 aromatic heterocycles. The molecule has 1 fully saturated rings. The number of nitrogens with zero attached hydrogens (tertiary/aromatic N) is 1. The zero-order chi connectivity index (χ0) is 14.5. The number of nitrogens with two attached hydrogens (primary N) is 1. The molecule has 0 aliphatic heterocycles. The van der Waals surface area contributed by atoms with Crippen LogP contribution in [-0.2, 0) is 6.54 Å². The predicted octanol–water partition coefficient (Wildman–Crippen LogP) is 2.20. The molecular weight excluding hydrogens is 275 g/mol. The summed E-state index contributed by atoms with van der Waals surface area (Å²) >= 11 is 4.87. The first-order valence-corrected chi connectivity index (χ1v) is 7.46. The van der Waals surface area contributed by atoms with Crippen LogP contribution >= 0.6 is 12.2 Å². The van der Waals surface area contributed by atoms with Crippen LogP contribution in [0.3, 0.4) is 0 Å². The van der Waals surface area contributed by atoms with E-state index in [9.17, 15) is 9.50 Å². The minimum Gasteiger partial charge on any atom is -0.395 e. The molecule has 0 unspecified atom stereocenters. The molecule has 1 aromatic rings. The molecule has 1 aliphatic rings. The lowest BCUT2D eigenvalue weighted by Crippen LogP contribution is -2.35. The van der Waals surface area contributed by atoms with E-state index >= 15 is 0 Å². The fourth-order valence-corrected chi connectivity index (χ4v) is 3.06. The molecule has 1 aromatic carbocycles. The van der Waals surface area contributed by atoms with Gasteiger partial charge in [0.15, 0.2) is 0 Å². The first-order valence-electron chi connectivity index (χ1n) is 7.05. The number of aliphatic hydroxyl groups is 1. The Morgan fingerprint density at radius 3 is 2.70 bits per heavy atom. The number of thiocarbonyl (C=S) groups is 1. The molecule has 0 bridgehead atoms. The Labute approximate surface area is 124 Å². The maximum atomic E-state index is 14.4. The molecule has 0 atom stereocenters. The summed E-state index contributed by atoms with van der Waals surface area (Å²) in [6.45, 7) is 1.15. The highest BCUT2D eigenvalue weighted by Gasteiger charge is 2.23. The van der Waals surface area contributed by atoms with E-state index in [2.05, 4.69) is 4.90 Å². The first kappa shape index (κ1) is 15.4. The van der Waals surface area contributed by atoms with Gasteiger partial charge in [-0.15, -0.1) is 0 Å². The average Bonchev–Trinajstić information content (AvgIpc) is 2.94. The van der Waals surface area contributed by atoms with Crippen LogP contribution in [0.5, 0.6) is 0 Å². The Kier molecular flexibility index (Phi) is 5.46. The van der Waals surface area contributed by atoms with E-state index in [0.29, 0.717) is 30.3 Å². The van der Waals surface area contributed by atoms with Crippen molar-refractivity contribution in [2.75, 3.05) is 13.2 Å². The normalized spacial score (nSPS) is 15.9. The Bertz CT molecular complexity index is 475. The maximum Gasteiger partial charge on any atom is 0.137 e. The van der Waals surface area contributed by atoms with Gasteiger partial charge in [-0.05, 0) is 18.9 Å². The number of aliphatic hydroxyl groups excluding tert-OH is 1. The van der Waals surface area contributed by atoms with Gasteiger partial charge in [-0.3, -0.25) is 4.90 Å². The highest BCUT2D eigenvalue weighted by atomic mass is 32.1. The summed E-state index contributed by atoms with van der Waals surface area (Å²) in [7, 11) is 0. The first-order chi connectivity index (χ1) is 9.63. The molecule has 5 heteroatoms. The van der Waals surface area contributed by atoms with Crippen LogP contribution in [0.4, 0.5) is 4.39 Å². The summed E-state index contributed by atoms with van der Waals surface area (Å²) in [5, 5.41) is 9.21. The average molecular weight is 296 g/mol. The Morgan fingerprint density at radius 1 is 1.40 bits per heavy atom. The zero-order valence-corrected chi connectivity index (χ0v) is 12.3. The number of hydrogen-bond donors (Lipinski definition) is 2. The minimum absolute atomic E-state index is 0.0823. The van der Waals surface area contributed by atoms with Crippen molar-refractivity contribution >= 4 is 17.2 Å². The third-order valence-electron chi connectivity index (χ3n) is 3.95. The molecule has 3 N–H and O–H groups in total. The van der Waals surface area contributed by atoms with E-state index in [-0.39, 0.29) is 17.4 Å². The Balaban J connectivity index is 2.17. The van der Waals surface area contributed by atoms with E-state index in [1.54, 1.807) is 18.2 Å². The largest absolute Gasteiger partial charge is 0.395 e. The van der Waals surface area contributed by atoms with E-state index < -0.39 is 0 Å². The maximum absolute atomic E-state index is 14.4. The molecule has 0 amide bonds. The second kappa shape index (κ2) is 7.11. The van der Waals surface area contributed by atoms with Crippen molar-refractivity contribution in [3.05, 3.63) is 35.1 Å². The van der Waals surface area contributed by atoms with Crippen molar-refractivity contribution in [3.8, 4) is 0 Å². The van der Waals surface area contributed by atoms with Gasteiger partial charge in [0.05, 0.1) is 6.61 Å². The van der Waals surface area contributed by atoms with Gasteiger partial charge < -0.3 is 10.8 Å². The summed E-state index contributed by atoms with van der Waals surface area (Å²) in [4.78, 5) is 2.24. The molecule has 2 rings (SSSR count). The lowest BCUT2D eigenvalue weighted by molar-refractivity contribution is 0.143. The van der Waals surface area contributed by atoms with E-state index in [4.69, 9.17) is 18.0 Å². The summed E-state index contributed by atoms with van der Waals surface area (Å²) < 4.78 is 14.4. The molecule has 0 radical (unpaired) electrons. The second-order valence-corrected chi connectivity index (χ2v) is 5.72. The van der Waals surface area contributed by atoms with Crippen LogP contribution in [0.2, 0.25) is 0 Å². The van der Waals surface area contributed by atoms with Crippen molar-refractivity contribution in [2.24, 2.45) is 5.73 Å². The van der Waals surface area contributed by atoms with E-state index in [0.717, 1.165) is 12.8 Å². The highest BCUT2D eigenvalue weighted by Crippen LogP contribution is 2.25. The number of hydrogen-bond acceptors (Lipinski definition) is 3. The van der Waals surface area contributed by atoms with E-state index in [1.807, 2.05) is 0 Å². The smallest absolute Gasteiger partial charge is 0.137 e. The fraction of sp³-hybridized carbons (Fsp3) is 0.533. The summed E-state index contributed by atoms with van der Waals surface area (Å²) in [5.41, 5.74) is 6.43. The van der Waals surface area contributed by atoms with Gasteiger partial charge in [-0.25, -0.2) is 4.39 Å². The van der Waals surface area contributed by atoms with Crippen molar-refractivity contribution in [1.29, 1.82) is 0 Å². The van der Waals surface area contributed by atoms with Crippen molar-refractivity contribution < 1.29 is 9.50 Å². The van der Waals surface area contributed by atoms with Gasteiger partial charge >= 0.3 is 0 Å². The van der Waals surface area contributed by atoms with Crippen LogP contribution in [0.25, 0.3) is 0 Å². The van der Waals surface area contributed by atoms with Gasteiger partial charge in [0.25, 0.3) is 0 Å². The topological polar surface area (TPSA) is 49.5 Å². The van der Waals surface area contributed by atoms with Crippen LogP contribution in [0.1, 0.15) is 36.8 Å². The molecule has 0 spiro atoms. The van der Waals surface area contributed by atoms with Gasteiger partial charge in [0.2, 0.25) is 0 Å². The lowest BCUT2D eigenvalue weighted by Gasteiger charge is -2.28. The lowest BCUT2D eigenvalue weighted by atomic mass is 10.1. The van der Waals surface area contributed by atoms with Gasteiger partial charge in [-0.1, -0.05) is 37.2 Å². The highest BCUT2D eigenvalue weighted by molar-refractivity contribution is 7.80. The van der Waals surface area contributed by atoms with Crippen molar-refractivity contribution in [3.63, 3.8) is 0 Å². The zero-order valence-electron chi connectivity index (χ0n) is 11.5. The Hall–Kier alpha value is -1.04. The van der Waals surface area contributed by atoms with Crippen LogP contribution in [-0.4, -0.2) is 34.2 Å². The third-order valence-corrected chi connectivity index (χ3v) is 4.17. The van der Waals surface area contributed by atoms with Crippen molar-refractivity contribution in [2.45, 2.75) is 38.3 Å². The molecule has 20 heavy (non-hydrogen) atoms. The van der Waals surface area contributed by atoms with Crippen LogP contribution < -0.4 is 5.73 Å². The molecule has 3 nitrogen and oxygen atoms in total. The summed E-state index contributed by atoms with van der Waals surface area (Å²) in [5.74, 6) is -0.332. The van der Waals surface area contributed by atoms with Gasteiger partial charge in [-0.2, -0.15) is 0 Å². The molecular formula is C15H21FN2OS. The monoisotopic (exact) mass is 296 g/mol. The quantitative estimate of drug-likeness (QED) is 0.790. The van der Waals surface area contributed by atoms with E-state index in [1.165, 1.54) is 12.8 Å². The molecule has 0 saturated heterocycles. The molecule has 110 valence electrons. The Morgan fingerprint density at radius 2 is 2.10 bits per heavy atom. The SMILES string of the molecule is NC(=S)c1cccc(CN(CCO)C2CCCC2)c1F. The number of halogens is 1. The summed E-state index contributed by atoms with van der Waals surface area (Å²) in [6.07, 6.45) is 4.66. The predicted molar refractivity (Wildman–Crippen MR) is 82.0 cm³/mol. The van der Waals surface area contributed by atoms with Crippen molar-refractivity contribution in [1.82, 2.24) is 4.90 Å². The summed E-state index contributed by atoms with van der Waals surface area (Å²) in [6, 6.07) is 5.58. The molecule has 1 aliphatic carbocycles. The number of rotatable bonds is 6. The third kappa shape index (κ3) is 3.53. The second-order valence-electron chi connectivity index (χ2n) is 5.28. The van der Waals surface area contributed by atoms with Gasteiger partial charge in [0.1, 0.15) is 10.8 Å². The molecule has 1 saturated carbocycles. The standard InChI is InChI=1S/C15H21FN2OS/c16-14-11(4-3-7-13(14)15(17)20)10-18(8-9-19)12-5-1-2-6-12/h3-4,7,12,19H,1-2,5-6,8-10H2,(H2,17,20). The van der Waals surface area contributed by atoms with Gasteiger partial charge in [0, 0.05) is 30.3 Å². The fourth-order valence-electron chi connectivity index (χ4n) is 2.90. The molecule has 0 heterocycles. The van der Waals surface area contributed by atoms with Crippen LogP contribution in [0, 0.1) is 5.82 Å². The minimum atomic E-state index is -0.332. The van der Waals surface area contributed by atoms with Crippen LogP contribution in [0.15, 0.2) is 18.2 Å². The number of benzene rings is 1.